The zero-order chi connectivity index (χ0) is 25.2. The molecular weight excluding hydrogens is 459 g/mol. The molecule has 1 aliphatic heterocycles. The molecular formula is C27H31FN6O2. The maximum atomic E-state index is 13.5. The summed E-state index contributed by atoms with van der Waals surface area (Å²) in [6.45, 7) is 4.69. The molecule has 2 atom stereocenters. The van der Waals surface area contributed by atoms with Crippen molar-refractivity contribution in [3.63, 3.8) is 0 Å². The van der Waals surface area contributed by atoms with E-state index in [1.807, 2.05) is 43.8 Å². The largest absolute Gasteiger partial charge is 0.463 e. The van der Waals surface area contributed by atoms with Gasteiger partial charge in [-0.05, 0) is 69.0 Å². The summed E-state index contributed by atoms with van der Waals surface area (Å²) in [5, 5.41) is 5.22. The van der Waals surface area contributed by atoms with Gasteiger partial charge in [0.25, 0.3) is 5.91 Å². The summed E-state index contributed by atoms with van der Waals surface area (Å²) in [7, 11) is 1.83. The van der Waals surface area contributed by atoms with E-state index in [4.69, 9.17) is 9.40 Å². The van der Waals surface area contributed by atoms with Gasteiger partial charge in [-0.1, -0.05) is 12.1 Å². The maximum Gasteiger partial charge on any atom is 0.254 e. The van der Waals surface area contributed by atoms with E-state index in [2.05, 4.69) is 16.0 Å². The normalized spacial score (nSPS) is 17.8. The summed E-state index contributed by atoms with van der Waals surface area (Å²) in [5.41, 5.74) is 9.55. The third-order valence-corrected chi connectivity index (χ3v) is 6.71. The van der Waals surface area contributed by atoms with Gasteiger partial charge < -0.3 is 9.32 Å². The standard InChI is InChI=1S/C27H31FN6O2/c1-17(2)34-26-22(16-29-34)21(15-24(30-26)25-7-5-13-36-25)27(35)33(3)12-4-6-20-14-23(32-31-20)18-8-10-19(28)11-9-18/h5,7-11,13,15-17,20,23,31-32H,4,6,12,14H2,1-3H3. The van der Waals surface area contributed by atoms with Crippen LogP contribution in [0.5, 0.6) is 0 Å². The molecule has 9 heteroatoms. The van der Waals surface area contributed by atoms with Crippen LogP contribution in [-0.4, -0.2) is 45.2 Å². The Balaban J connectivity index is 1.26. The van der Waals surface area contributed by atoms with E-state index in [0.29, 0.717) is 29.2 Å². The monoisotopic (exact) mass is 490 g/mol. The van der Waals surface area contributed by atoms with Gasteiger partial charge in [-0.2, -0.15) is 5.10 Å². The fourth-order valence-electron chi connectivity index (χ4n) is 4.73. The third-order valence-electron chi connectivity index (χ3n) is 6.71. The number of hydrogen-bond donors (Lipinski definition) is 2. The minimum atomic E-state index is -0.228. The maximum absolute atomic E-state index is 13.5. The number of carbonyl (C=O) groups excluding carboxylic acids is 1. The lowest BCUT2D eigenvalue weighted by Crippen LogP contribution is -2.32. The van der Waals surface area contributed by atoms with Crippen LogP contribution in [0.1, 0.15) is 61.1 Å². The summed E-state index contributed by atoms with van der Waals surface area (Å²) < 4.78 is 20.6. The zero-order valence-electron chi connectivity index (χ0n) is 20.7. The topological polar surface area (TPSA) is 88.2 Å². The van der Waals surface area contributed by atoms with Crippen molar-refractivity contribution in [1.29, 1.82) is 0 Å². The molecule has 5 rings (SSSR count). The quantitative estimate of drug-likeness (QED) is 0.366. The number of nitrogens with one attached hydrogen (secondary N) is 2. The first-order valence-electron chi connectivity index (χ1n) is 12.3. The lowest BCUT2D eigenvalue weighted by molar-refractivity contribution is 0.0793. The number of nitrogens with zero attached hydrogens (tertiary/aromatic N) is 4. The number of amides is 1. The van der Waals surface area contributed by atoms with Crippen molar-refractivity contribution < 1.29 is 13.6 Å². The Hall–Kier alpha value is -3.56. The zero-order valence-corrected chi connectivity index (χ0v) is 20.7. The van der Waals surface area contributed by atoms with Gasteiger partial charge in [-0.15, -0.1) is 0 Å². The smallest absolute Gasteiger partial charge is 0.254 e. The number of carbonyl (C=O) groups is 1. The number of hydrogen-bond acceptors (Lipinski definition) is 6. The van der Waals surface area contributed by atoms with Crippen molar-refractivity contribution >= 4 is 16.9 Å². The predicted octanol–water partition coefficient (Wildman–Crippen LogP) is 4.87. The van der Waals surface area contributed by atoms with Crippen molar-refractivity contribution in [2.24, 2.45) is 0 Å². The lowest BCUT2D eigenvalue weighted by Gasteiger charge is -2.19. The van der Waals surface area contributed by atoms with Crippen LogP contribution in [-0.2, 0) is 0 Å². The Morgan fingerprint density at radius 1 is 1.25 bits per heavy atom. The Bertz CT molecular complexity index is 1330. The van der Waals surface area contributed by atoms with E-state index in [9.17, 15) is 9.18 Å². The van der Waals surface area contributed by atoms with E-state index in [1.165, 1.54) is 12.1 Å². The van der Waals surface area contributed by atoms with Crippen molar-refractivity contribution in [2.45, 2.75) is 51.2 Å². The number of rotatable bonds is 8. The predicted molar refractivity (Wildman–Crippen MR) is 136 cm³/mol. The molecule has 8 nitrogen and oxygen atoms in total. The van der Waals surface area contributed by atoms with E-state index in [0.717, 1.165) is 30.2 Å². The van der Waals surface area contributed by atoms with Crippen molar-refractivity contribution in [3.8, 4) is 11.5 Å². The van der Waals surface area contributed by atoms with Gasteiger partial charge in [0.05, 0.1) is 23.4 Å². The van der Waals surface area contributed by atoms with E-state index in [-0.39, 0.29) is 29.8 Å². The van der Waals surface area contributed by atoms with Crippen LogP contribution in [0.3, 0.4) is 0 Å². The molecule has 0 bridgehead atoms. The second-order valence-corrected chi connectivity index (χ2v) is 9.65. The molecule has 1 amide bonds. The fourth-order valence-corrected chi connectivity index (χ4v) is 4.73. The van der Waals surface area contributed by atoms with Crippen LogP contribution < -0.4 is 10.9 Å². The van der Waals surface area contributed by atoms with Crippen molar-refractivity contribution in [1.82, 2.24) is 30.5 Å². The Labute approximate surface area is 209 Å². The number of hydrazine groups is 1. The van der Waals surface area contributed by atoms with Crippen LogP contribution >= 0.6 is 0 Å². The molecule has 1 aliphatic rings. The summed E-state index contributed by atoms with van der Waals surface area (Å²) >= 11 is 0. The molecule has 1 saturated heterocycles. The Morgan fingerprint density at radius 2 is 2.06 bits per heavy atom. The second-order valence-electron chi connectivity index (χ2n) is 9.65. The number of halogens is 1. The minimum Gasteiger partial charge on any atom is -0.463 e. The molecule has 0 saturated carbocycles. The average molecular weight is 491 g/mol. The minimum absolute atomic E-state index is 0.0693. The summed E-state index contributed by atoms with van der Waals surface area (Å²) in [5.74, 6) is 0.314. The lowest BCUT2D eigenvalue weighted by atomic mass is 9.99. The summed E-state index contributed by atoms with van der Waals surface area (Å²) in [6, 6.07) is 12.6. The van der Waals surface area contributed by atoms with Crippen molar-refractivity contribution in [2.75, 3.05) is 13.6 Å². The summed E-state index contributed by atoms with van der Waals surface area (Å²) in [6.07, 6.45) is 5.99. The molecule has 4 aromatic rings. The highest BCUT2D eigenvalue weighted by atomic mass is 19.1. The molecule has 1 fully saturated rings. The van der Waals surface area contributed by atoms with Crippen LogP contribution in [0, 0.1) is 5.82 Å². The highest BCUT2D eigenvalue weighted by molar-refractivity contribution is 6.06. The van der Waals surface area contributed by atoms with Crippen molar-refractivity contribution in [3.05, 3.63) is 71.9 Å². The van der Waals surface area contributed by atoms with E-state index in [1.54, 1.807) is 29.5 Å². The van der Waals surface area contributed by atoms with Gasteiger partial charge in [0.2, 0.25) is 0 Å². The third kappa shape index (κ3) is 4.89. The highest BCUT2D eigenvalue weighted by Crippen LogP contribution is 2.28. The second kappa shape index (κ2) is 10.2. The number of benzene rings is 1. The molecule has 3 aromatic heterocycles. The Kier molecular flexibility index (Phi) is 6.84. The molecule has 2 unspecified atom stereocenters. The highest BCUT2D eigenvalue weighted by Gasteiger charge is 2.25. The van der Waals surface area contributed by atoms with Crippen LogP contribution in [0.2, 0.25) is 0 Å². The first-order valence-corrected chi connectivity index (χ1v) is 12.3. The molecule has 0 aliphatic carbocycles. The van der Waals surface area contributed by atoms with Gasteiger partial charge in [-0.25, -0.2) is 14.1 Å². The molecule has 36 heavy (non-hydrogen) atoms. The SMILES string of the molecule is CC(C)n1ncc2c(C(=O)N(C)CCCC3CC(c4ccc(F)cc4)NN3)cc(-c3ccco3)nc21. The van der Waals surface area contributed by atoms with Gasteiger partial charge >= 0.3 is 0 Å². The average Bonchev–Trinajstić information content (AvgIpc) is 3.64. The molecule has 1 aromatic carbocycles. The first kappa shape index (κ1) is 24.1. The van der Waals surface area contributed by atoms with Crippen LogP contribution in [0.25, 0.3) is 22.5 Å². The molecule has 188 valence electrons. The number of aromatic nitrogens is 3. The van der Waals surface area contributed by atoms with Gasteiger partial charge in [0, 0.05) is 31.7 Å². The number of fused-ring (bicyclic) bond motifs is 1. The number of furan rings is 1. The van der Waals surface area contributed by atoms with Gasteiger partial charge in [0.1, 0.15) is 11.5 Å². The molecule has 0 spiro atoms. The number of pyridine rings is 1. The Morgan fingerprint density at radius 3 is 2.78 bits per heavy atom. The summed E-state index contributed by atoms with van der Waals surface area (Å²) in [4.78, 5) is 20.0. The first-order chi connectivity index (χ1) is 17.4. The fraction of sp³-hybridized carbons (Fsp3) is 0.370. The molecule has 2 N–H and O–H groups in total. The van der Waals surface area contributed by atoms with Crippen LogP contribution in [0.4, 0.5) is 4.39 Å². The van der Waals surface area contributed by atoms with Gasteiger partial charge in [0.15, 0.2) is 11.4 Å². The van der Waals surface area contributed by atoms with Gasteiger partial charge in [-0.3, -0.25) is 15.6 Å². The molecule has 4 heterocycles. The van der Waals surface area contributed by atoms with E-state index >= 15 is 0 Å². The molecule has 0 radical (unpaired) electrons. The van der Waals surface area contributed by atoms with Crippen LogP contribution in [0.15, 0.2) is 59.3 Å². The van der Waals surface area contributed by atoms with E-state index < -0.39 is 0 Å².